The Morgan fingerprint density at radius 2 is 1.82 bits per heavy atom. The molecule has 0 aliphatic carbocycles. The molecular weight excluding hydrogens is 276 g/mol. The SMILES string of the molecule is Cc1cc(C)c(OCCC(C#N)c2c(C)noc2C)c(C)c1. The molecule has 1 aromatic heterocycles. The number of ether oxygens (including phenoxy) is 1. The van der Waals surface area contributed by atoms with E-state index in [1.54, 1.807) is 0 Å². The summed E-state index contributed by atoms with van der Waals surface area (Å²) in [5.41, 5.74) is 5.16. The smallest absolute Gasteiger partial charge is 0.138 e. The van der Waals surface area contributed by atoms with Crippen LogP contribution in [0.2, 0.25) is 0 Å². The average molecular weight is 298 g/mol. The van der Waals surface area contributed by atoms with Gasteiger partial charge in [0, 0.05) is 12.0 Å². The molecule has 116 valence electrons. The first-order valence-electron chi connectivity index (χ1n) is 7.47. The molecule has 0 saturated carbocycles. The minimum atomic E-state index is -0.252. The van der Waals surface area contributed by atoms with E-state index in [1.165, 1.54) is 5.56 Å². The van der Waals surface area contributed by atoms with Crippen LogP contribution < -0.4 is 4.74 Å². The molecule has 0 fully saturated rings. The minimum Gasteiger partial charge on any atom is -0.493 e. The fourth-order valence-corrected chi connectivity index (χ4v) is 2.93. The lowest BCUT2D eigenvalue weighted by Gasteiger charge is -2.14. The Kier molecular flexibility index (Phi) is 4.87. The Balaban J connectivity index is 2.06. The topological polar surface area (TPSA) is 59.0 Å². The molecule has 0 amide bonds. The number of rotatable bonds is 5. The maximum atomic E-state index is 9.41. The summed E-state index contributed by atoms with van der Waals surface area (Å²) in [6.45, 7) is 10.4. The summed E-state index contributed by atoms with van der Waals surface area (Å²) < 4.78 is 11.1. The van der Waals surface area contributed by atoms with Gasteiger partial charge in [0.05, 0.1) is 24.3 Å². The quantitative estimate of drug-likeness (QED) is 0.826. The van der Waals surface area contributed by atoms with Crippen molar-refractivity contribution in [1.82, 2.24) is 5.16 Å². The average Bonchev–Trinajstić information content (AvgIpc) is 2.77. The van der Waals surface area contributed by atoms with Crippen LogP contribution in [-0.2, 0) is 0 Å². The second-order valence-electron chi connectivity index (χ2n) is 5.78. The van der Waals surface area contributed by atoms with E-state index in [9.17, 15) is 5.26 Å². The highest BCUT2D eigenvalue weighted by atomic mass is 16.5. The molecule has 2 aromatic rings. The molecule has 0 saturated heterocycles. The molecule has 0 aliphatic heterocycles. The van der Waals surface area contributed by atoms with Crippen LogP contribution in [0.4, 0.5) is 0 Å². The molecule has 4 nitrogen and oxygen atoms in total. The Hall–Kier alpha value is -2.28. The predicted molar refractivity (Wildman–Crippen MR) is 85.1 cm³/mol. The number of aryl methyl sites for hydroxylation is 5. The second kappa shape index (κ2) is 6.65. The molecule has 1 aromatic carbocycles. The molecule has 4 heteroatoms. The van der Waals surface area contributed by atoms with E-state index in [0.29, 0.717) is 18.8 Å². The van der Waals surface area contributed by atoms with Crippen LogP contribution in [0.25, 0.3) is 0 Å². The van der Waals surface area contributed by atoms with Crippen molar-refractivity contribution in [2.75, 3.05) is 6.61 Å². The Morgan fingerprint density at radius 1 is 1.18 bits per heavy atom. The Morgan fingerprint density at radius 3 is 2.32 bits per heavy atom. The highest BCUT2D eigenvalue weighted by Crippen LogP contribution is 2.28. The zero-order valence-electron chi connectivity index (χ0n) is 13.9. The molecule has 2 rings (SSSR count). The van der Waals surface area contributed by atoms with Gasteiger partial charge in [-0.05, 0) is 45.7 Å². The van der Waals surface area contributed by atoms with Crippen LogP contribution in [0, 0.1) is 45.9 Å². The lowest BCUT2D eigenvalue weighted by atomic mass is 9.96. The molecule has 0 N–H and O–H groups in total. The van der Waals surface area contributed by atoms with Crippen LogP contribution in [0.3, 0.4) is 0 Å². The van der Waals surface area contributed by atoms with Gasteiger partial charge >= 0.3 is 0 Å². The molecular formula is C18H22N2O2. The number of hydrogen-bond donors (Lipinski definition) is 0. The number of benzene rings is 1. The Labute approximate surface area is 131 Å². The third-order valence-corrected chi connectivity index (χ3v) is 3.85. The predicted octanol–water partition coefficient (Wildman–Crippen LogP) is 4.29. The molecule has 0 aliphatic rings. The molecule has 22 heavy (non-hydrogen) atoms. The van der Waals surface area contributed by atoms with Crippen LogP contribution >= 0.6 is 0 Å². The lowest BCUT2D eigenvalue weighted by Crippen LogP contribution is -2.07. The standard InChI is InChI=1S/C18H22N2O2/c1-11-8-12(2)18(13(3)9-11)21-7-6-16(10-19)17-14(4)20-22-15(17)5/h8-9,16H,6-7H2,1-5H3. The van der Waals surface area contributed by atoms with Crippen LogP contribution in [-0.4, -0.2) is 11.8 Å². The summed E-state index contributed by atoms with van der Waals surface area (Å²) in [6, 6.07) is 6.55. The first-order chi connectivity index (χ1) is 10.4. The molecule has 1 unspecified atom stereocenters. The van der Waals surface area contributed by atoms with Gasteiger partial charge in [0.1, 0.15) is 11.5 Å². The number of hydrogen-bond acceptors (Lipinski definition) is 4. The molecule has 0 spiro atoms. The van der Waals surface area contributed by atoms with Gasteiger partial charge in [-0.3, -0.25) is 0 Å². The zero-order chi connectivity index (χ0) is 16.3. The van der Waals surface area contributed by atoms with Gasteiger partial charge in [-0.25, -0.2) is 0 Å². The van der Waals surface area contributed by atoms with Gasteiger partial charge in [-0.1, -0.05) is 22.9 Å². The van der Waals surface area contributed by atoms with Gasteiger partial charge in [-0.15, -0.1) is 0 Å². The fraction of sp³-hybridized carbons (Fsp3) is 0.444. The Bertz CT molecular complexity index is 668. The van der Waals surface area contributed by atoms with Crippen molar-refractivity contribution in [1.29, 1.82) is 5.26 Å². The first kappa shape index (κ1) is 16.1. The van der Waals surface area contributed by atoms with Crippen molar-refractivity contribution in [3.05, 3.63) is 45.8 Å². The van der Waals surface area contributed by atoms with Crippen LogP contribution in [0.1, 0.15) is 46.0 Å². The summed E-state index contributed by atoms with van der Waals surface area (Å²) in [5.74, 6) is 1.38. The van der Waals surface area contributed by atoms with Crippen molar-refractivity contribution in [2.45, 2.75) is 47.0 Å². The number of nitrogens with zero attached hydrogens (tertiary/aromatic N) is 2. The van der Waals surface area contributed by atoms with E-state index >= 15 is 0 Å². The van der Waals surface area contributed by atoms with Gasteiger partial charge in [-0.2, -0.15) is 5.26 Å². The van der Waals surface area contributed by atoms with Crippen LogP contribution in [0.5, 0.6) is 5.75 Å². The maximum Gasteiger partial charge on any atom is 0.138 e. The molecule has 1 atom stereocenters. The first-order valence-corrected chi connectivity index (χ1v) is 7.47. The van der Waals surface area contributed by atoms with E-state index in [1.807, 2.05) is 27.7 Å². The van der Waals surface area contributed by atoms with Crippen molar-refractivity contribution >= 4 is 0 Å². The summed E-state index contributed by atoms with van der Waals surface area (Å²) in [4.78, 5) is 0. The number of aromatic nitrogens is 1. The van der Waals surface area contributed by atoms with Crippen molar-refractivity contribution in [2.24, 2.45) is 0 Å². The summed E-state index contributed by atoms with van der Waals surface area (Å²) in [5, 5.41) is 13.3. The second-order valence-corrected chi connectivity index (χ2v) is 5.78. The minimum absolute atomic E-state index is 0.252. The van der Waals surface area contributed by atoms with E-state index in [4.69, 9.17) is 9.26 Å². The van der Waals surface area contributed by atoms with Gasteiger partial charge < -0.3 is 9.26 Å². The van der Waals surface area contributed by atoms with E-state index in [2.05, 4.69) is 30.3 Å². The fourth-order valence-electron chi connectivity index (χ4n) is 2.93. The largest absolute Gasteiger partial charge is 0.493 e. The summed E-state index contributed by atoms with van der Waals surface area (Å²) in [6.07, 6.45) is 0.617. The summed E-state index contributed by atoms with van der Waals surface area (Å²) >= 11 is 0. The maximum absolute atomic E-state index is 9.41. The van der Waals surface area contributed by atoms with Gasteiger partial charge in [0.25, 0.3) is 0 Å². The van der Waals surface area contributed by atoms with Crippen molar-refractivity contribution in [3.63, 3.8) is 0 Å². The van der Waals surface area contributed by atoms with Gasteiger partial charge in [0.2, 0.25) is 0 Å². The normalized spacial score (nSPS) is 12.0. The molecule has 0 radical (unpaired) electrons. The molecule has 0 bridgehead atoms. The van der Waals surface area contributed by atoms with Crippen LogP contribution in [0.15, 0.2) is 16.7 Å². The van der Waals surface area contributed by atoms with Crippen molar-refractivity contribution < 1.29 is 9.26 Å². The zero-order valence-corrected chi connectivity index (χ0v) is 13.9. The molecule has 1 heterocycles. The number of nitriles is 1. The van der Waals surface area contributed by atoms with E-state index in [0.717, 1.165) is 28.1 Å². The van der Waals surface area contributed by atoms with E-state index < -0.39 is 0 Å². The van der Waals surface area contributed by atoms with Crippen molar-refractivity contribution in [3.8, 4) is 11.8 Å². The summed E-state index contributed by atoms with van der Waals surface area (Å²) in [7, 11) is 0. The third-order valence-electron chi connectivity index (χ3n) is 3.85. The highest BCUT2D eigenvalue weighted by Gasteiger charge is 2.20. The van der Waals surface area contributed by atoms with Gasteiger partial charge in [0.15, 0.2) is 0 Å². The monoisotopic (exact) mass is 298 g/mol. The highest BCUT2D eigenvalue weighted by molar-refractivity contribution is 5.43. The third kappa shape index (κ3) is 3.30. The lowest BCUT2D eigenvalue weighted by molar-refractivity contribution is 0.301. The van der Waals surface area contributed by atoms with E-state index in [-0.39, 0.29) is 5.92 Å².